The molecule has 6 heteroatoms. The van der Waals surface area contributed by atoms with Crippen LogP contribution in [-0.4, -0.2) is 16.7 Å². The highest BCUT2D eigenvalue weighted by molar-refractivity contribution is 6.18. The van der Waals surface area contributed by atoms with Gasteiger partial charge in [0.25, 0.3) is 0 Å². The number of amidine groups is 2. The van der Waals surface area contributed by atoms with Crippen LogP contribution in [0, 0.1) is 0 Å². The van der Waals surface area contributed by atoms with Crippen molar-refractivity contribution < 1.29 is 4.42 Å². The fourth-order valence-electron chi connectivity index (χ4n) is 7.68. The molecule has 0 bridgehead atoms. The van der Waals surface area contributed by atoms with Crippen LogP contribution in [0.15, 0.2) is 190 Å². The monoisotopic (exact) mass is 723 g/mol. The summed E-state index contributed by atoms with van der Waals surface area (Å²) in [6.45, 7) is 0. The summed E-state index contributed by atoms with van der Waals surface area (Å²) in [5, 5.41) is 5.66. The van der Waals surface area contributed by atoms with Crippen molar-refractivity contribution >= 4 is 51.9 Å². The van der Waals surface area contributed by atoms with Crippen LogP contribution in [0.5, 0.6) is 0 Å². The summed E-state index contributed by atoms with van der Waals surface area (Å²) >= 11 is 0. The van der Waals surface area contributed by atoms with Crippen molar-refractivity contribution in [3.8, 4) is 22.3 Å². The van der Waals surface area contributed by atoms with Crippen LogP contribution in [0.3, 0.4) is 0 Å². The number of aliphatic imine (C=N–C) groups is 2. The second-order valence-electron chi connectivity index (χ2n) is 13.9. The molecule has 56 heavy (non-hydrogen) atoms. The molecule has 1 N–H and O–H groups in total. The number of anilines is 3. The van der Waals surface area contributed by atoms with Crippen LogP contribution >= 0.6 is 0 Å². The first-order valence-corrected chi connectivity index (χ1v) is 19.0. The van der Waals surface area contributed by atoms with Gasteiger partial charge in [0.05, 0.1) is 22.3 Å². The lowest BCUT2D eigenvalue weighted by Crippen LogP contribution is -2.34. The van der Waals surface area contributed by atoms with E-state index in [1.165, 1.54) is 11.1 Å². The molecule has 8 aromatic rings. The number of nitrogens with zero attached hydrogens (tertiary/aromatic N) is 4. The van der Waals surface area contributed by atoms with Crippen molar-refractivity contribution in [2.75, 3.05) is 4.90 Å². The number of fused-ring (bicyclic) bond motifs is 3. The molecule has 268 valence electrons. The summed E-state index contributed by atoms with van der Waals surface area (Å²) in [7, 11) is 0. The van der Waals surface area contributed by atoms with E-state index in [0.717, 1.165) is 85.3 Å². The highest BCUT2D eigenvalue weighted by Gasteiger charge is 2.27. The van der Waals surface area contributed by atoms with Crippen LogP contribution in [-0.2, 0) is 0 Å². The highest BCUT2D eigenvalue weighted by atomic mass is 16.3. The van der Waals surface area contributed by atoms with Crippen molar-refractivity contribution in [2.45, 2.75) is 19.0 Å². The molecule has 3 heterocycles. The molecule has 10 rings (SSSR count). The molecule has 6 nitrogen and oxygen atoms in total. The Hall–Kier alpha value is -7.31. The Bertz CT molecular complexity index is 2770. The van der Waals surface area contributed by atoms with Crippen LogP contribution in [0.25, 0.3) is 45.4 Å². The first kappa shape index (κ1) is 33.3. The van der Waals surface area contributed by atoms with Gasteiger partial charge in [-0.1, -0.05) is 127 Å². The smallest absolute Gasteiger partial charge is 0.165 e. The SMILES string of the molecule is C1=c2oc3c(C4=NC(c5ccccn5)NC(c5ccccc5)=N4)ccc(N(c4ccc(-c5ccccc5)cc4)c4ccc(-c5ccccc5)cc4)c3c2=CCC1. The van der Waals surface area contributed by atoms with Gasteiger partial charge >= 0.3 is 0 Å². The van der Waals surface area contributed by atoms with E-state index in [2.05, 4.69) is 161 Å². The Morgan fingerprint density at radius 3 is 1.73 bits per heavy atom. The molecular formula is C50H37N5O. The molecule has 6 aromatic carbocycles. The van der Waals surface area contributed by atoms with E-state index in [1.807, 2.05) is 36.4 Å². The summed E-state index contributed by atoms with van der Waals surface area (Å²) in [5.74, 6) is 1.32. The standard InChI is InChI=1S/C50H37N5O/c1-4-14-34(15-5-1)36-23-27-39(28-24-36)55(40-29-25-37(26-30-40)35-16-6-2-7-17-35)44-32-31-42(47-46(44)41-20-10-11-22-45(41)56-47)49-52-48(38-18-8-3-9-19-38)53-50(54-49)43-21-12-13-33-51-43/h1-9,12-33,50H,10-11H2,(H,52,53,54). The van der Waals surface area contributed by atoms with E-state index in [9.17, 15) is 0 Å². The minimum atomic E-state index is -0.431. The molecule has 2 aliphatic rings. The van der Waals surface area contributed by atoms with Crippen molar-refractivity contribution in [2.24, 2.45) is 9.98 Å². The number of aromatic nitrogens is 1. The van der Waals surface area contributed by atoms with Gasteiger partial charge in [-0.15, -0.1) is 0 Å². The summed E-state index contributed by atoms with van der Waals surface area (Å²) < 4.78 is 6.87. The van der Waals surface area contributed by atoms with Crippen molar-refractivity contribution in [1.29, 1.82) is 0 Å². The Morgan fingerprint density at radius 1 is 0.554 bits per heavy atom. The summed E-state index contributed by atoms with van der Waals surface area (Å²) in [6, 6.07) is 59.0. The molecule has 0 amide bonds. The zero-order valence-corrected chi connectivity index (χ0v) is 30.6. The zero-order valence-electron chi connectivity index (χ0n) is 30.6. The fraction of sp³-hybridized carbons (Fsp3) is 0.0600. The van der Waals surface area contributed by atoms with E-state index in [0.29, 0.717) is 5.84 Å². The number of pyridine rings is 1. The lowest BCUT2D eigenvalue weighted by Gasteiger charge is -2.27. The molecule has 1 unspecified atom stereocenters. The third-order valence-electron chi connectivity index (χ3n) is 10.4. The van der Waals surface area contributed by atoms with Gasteiger partial charge in [-0.3, -0.25) is 4.98 Å². The van der Waals surface area contributed by atoms with Crippen molar-refractivity contribution in [3.05, 3.63) is 204 Å². The Balaban J connectivity index is 1.17. The van der Waals surface area contributed by atoms with Gasteiger partial charge in [0, 0.05) is 28.4 Å². The van der Waals surface area contributed by atoms with Gasteiger partial charge < -0.3 is 14.6 Å². The quantitative estimate of drug-likeness (QED) is 0.170. The molecule has 0 saturated heterocycles. The van der Waals surface area contributed by atoms with Gasteiger partial charge in [0.1, 0.15) is 16.8 Å². The fourth-order valence-corrected chi connectivity index (χ4v) is 7.68. The van der Waals surface area contributed by atoms with Crippen LogP contribution in [0.2, 0.25) is 0 Å². The maximum absolute atomic E-state index is 6.87. The largest absolute Gasteiger partial charge is 0.456 e. The topological polar surface area (TPSA) is 66.0 Å². The van der Waals surface area contributed by atoms with E-state index >= 15 is 0 Å². The van der Waals surface area contributed by atoms with E-state index in [-0.39, 0.29) is 0 Å². The van der Waals surface area contributed by atoms with Crippen LogP contribution < -0.4 is 20.9 Å². The molecule has 1 atom stereocenters. The molecule has 1 aliphatic carbocycles. The van der Waals surface area contributed by atoms with E-state index in [4.69, 9.17) is 14.4 Å². The molecule has 0 saturated carbocycles. The van der Waals surface area contributed by atoms with E-state index < -0.39 is 6.17 Å². The first-order valence-electron chi connectivity index (χ1n) is 19.0. The molecule has 0 fully saturated rings. The molecule has 2 aromatic heterocycles. The Labute approximate surface area is 325 Å². The number of benzene rings is 6. The lowest BCUT2D eigenvalue weighted by atomic mass is 10.0. The second-order valence-corrected chi connectivity index (χ2v) is 13.9. The minimum absolute atomic E-state index is 0.431. The van der Waals surface area contributed by atoms with Gasteiger partial charge in [0.15, 0.2) is 12.0 Å². The second kappa shape index (κ2) is 14.5. The average Bonchev–Trinajstić information content (AvgIpc) is 3.68. The van der Waals surface area contributed by atoms with Crippen LogP contribution in [0.1, 0.15) is 35.8 Å². The van der Waals surface area contributed by atoms with Crippen molar-refractivity contribution in [3.63, 3.8) is 0 Å². The third kappa shape index (κ3) is 6.27. The number of nitrogens with one attached hydrogen (secondary N) is 1. The lowest BCUT2D eigenvalue weighted by molar-refractivity contribution is 0.571. The molecule has 1 aliphatic heterocycles. The predicted octanol–water partition coefficient (Wildman–Crippen LogP) is 10.5. The molecular weight excluding hydrogens is 687 g/mol. The van der Waals surface area contributed by atoms with Crippen molar-refractivity contribution in [1.82, 2.24) is 10.3 Å². The minimum Gasteiger partial charge on any atom is -0.456 e. The maximum Gasteiger partial charge on any atom is 0.165 e. The number of hydrogen-bond acceptors (Lipinski definition) is 6. The number of rotatable bonds is 8. The average molecular weight is 724 g/mol. The van der Waals surface area contributed by atoms with Gasteiger partial charge in [-0.25, -0.2) is 9.98 Å². The summed E-state index contributed by atoms with van der Waals surface area (Å²) in [6.07, 6.45) is 7.74. The van der Waals surface area contributed by atoms with Crippen LogP contribution in [0.4, 0.5) is 17.1 Å². The van der Waals surface area contributed by atoms with Gasteiger partial charge in [0.2, 0.25) is 0 Å². The Morgan fingerprint density at radius 2 is 1.12 bits per heavy atom. The number of furan rings is 1. The Kier molecular flexibility index (Phi) is 8.61. The maximum atomic E-state index is 6.87. The normalized spacial score (nSPS) is 14.8. The molecule has 0 spiro atoms. The van der Waals surface area contributed by atoms with E-state index in [1.54, 1.807) is 6.20 Å². The van der Waals surface area contributed by atoms with Gasteiger partial charge in [-0.05, 0) is 89.7 Å². The summed E-state index contributed by atoms with van der Waals surface area (Å²) in [4.78, 5) is 17.3. The highest BCUT2D eigenvalue weighted by Crippen LogP contribution is 2.41. The summed E-state index contributed by atoms with van der Waals surface area (Å²) in [5.41, 5.74) is 12.0. The first-order chi connectivity index (χ1) is 27.8. The third-order valence-corrected chi connectivity index (χ3v) is 10.4. The van der Waals surface area contributed by atoms with Gasteiger partial charge in [-0.2, -0.15) is 0 Å². The number of hydrogen-bond donors (Lipinski definition) is 1. The predicted molar refractivity (Wildman–Crippen MR) is 229 cm³/mol. The zero-order chi connectivity index (χ0) is 37.3. The molecule has 0 radical (unpaired) electrons.